The van der Waals surface area contributed by atoms with Gasteiger partial charge in [-0.05, 0) is 6.92 Å². The topological polar surface area (TPSA) is 77.3 Å². The van der Waals surface area contributed by atoms with Crippen LogP contribution in [-0.4, -0.2) is 10.9 Å². The van der Waals surface area contributed by atoms with Crippen molar-refractivity contribution in [3.05, 3.63) is 11.1 Å². The number of hydrogen-bond acceptors (Lipinski definition) is 3. The van der Waals surface area contributed by atoms with Gasteiger partial charge in [-0.2, -0.15) is 4.99 Å². The predicted octanol–water partition coefficient (Wildman–Crippen LogP) is 0.356. The van der Waals surface area contributed by atoms with E-state index >= 15 is 0 Å². The van der Waals surface area contributed by atoms with Crippen LogP contribution in [0.5, 0.6) is 0 Å². The Balaban J connectivity index is 2.86. The zero-order chi connectivity index (χ0) is 7.56. The van der Waals surface area contributed by atoms with E-state index in [1.54, 1.807) is 6.20 Å². The zero-order valence-corrected chi connectivity index (χ0v) is 6.35. The Labute approximate surface area is 62.6 Å². The van der Waals surface area contributed by atoms with Crippen LogP contribution < -0.4 is 11.5 Å². The zero-order valence-electron chi connectivity index (χ0n) is 5.53. The van der Waals surface area contributed by atoms with Crippen molar-refractivity contribution in [2.75, 3.05) is 0 Å². The summed E-state index contributed by atoms with van der Waals surface area (Å²) in [4.78, 5) is 8.78. The van der Waals surface area contributed by atoms with Crippen LogP contribution in [0, 0.1) is 6.92 Å². The molecule has 10 heavy (non-hydrogen) atoms. The lowest BCUT2D eigenvalue weighted by atomic mass is 10.7. The van der Waals surface area contributed by atoms with E-state index in [2.05, 4.69) is 9.98 Å². The summed E-state index contributed by atoms with van der Waals surface area (Å²) in [6.45, 7) is 1.95. The minimum Gasteiger partial charge on any atom is -0.370 e. The third kappa shape index (κ3) is 1.70. The number of nitrogens with zero attached hydrogens (tertiary/aromatic N) is 2. The molecule has 1 aromatic heterocycles. The smallest absolute Gasteiger partial charge is 0.212 e. The number of guanidine groups is 1. The quantitative estimate of drug-likeness (QED) is 0.455. The number of thiazole rings is 1. The molecule has 0 saturated heterocycles. The number of aliphatic imine (C=N–C) groups is 1. The molecule has 5 heteroatoms. The summed E-state index contributed by atoms with van der Waals surface area (Å²) in [5.41, 5.74) is 10.3. The molecule has 0 bridgehead atoms. The van der Waals surface area contributed by atoms with E-state index in [1.807, 2.05) is 6.92 Å². The van der Waals surface area contributed by atoms with Crippen molar-refractivity contribution >= 4 is 22.4 Å². The van der Waals surface area contributed by atoms with Gasteiger partial charge in [0.15, 0.2) is 5.96 Å². The lowest BCUT2D eigenvalue weighted by molar-refractivity contribution is 1.32. The van der Waals surface area contributed by atoms with Crippen molar-refractivity contribution in [3.63, 3.8) is 0 Å². The molecule has 0 fully saturated rings. The molecule has 0 atom stereocenters. The first kappa shape index (κ1) is 7.01. The van der Waals surface area contributed by atoms with Crippen LogP contribution in [0.15, 0.2) is 11.2 Å². The first-order valence-electron chi connectivity index (χ1n) is 2.70. The Bertz CT molecular complexity index is 248. The summed E-state index contributed by atoms with van der Waals surface area (Å²) in [5.74, 6) is 0.0503. The summed E-state index contributed by atoms with van der Waals surface area (Å²) < 4.78 is 0. The normalized spacial score (nSPS) is 9.30. The molecule has 1 aromatic rings. The van der Waals surface area contributed by atoms with Gasteiger partial charge in [0.1, 0.15) is 0 Å². The van der Waals surface area contributed by atoms with E-state index in [1.165, 1.54) is 11.3 Å². The van der Waals surface area contributed by atoms with E-state index in [0.29, 0.717) is 5.13 Å². The Hall–Kier alpha value is -1.10. The summed E-state index contributed by atoms with van der Waals surface area (Å²) in [5, 5.41) is 0.609. The molecule has 0 aliphatic rings. The van der Waals surface area contributed by atoms with Crippen molar-refractivity contribution in [2.24, 2.45) is 16.5 Å². The highest BCUT2D eigenvalue weighted by molar-refractivity contribution is 7.15. The highest BCUT2D eigenvalue weighted by Crippen LogP contribution is 2.18. The summed E-state index contributed by atoms with van der Waals surface area (Å²) in [7, 11) is 0. The van der Waals surface area contributed by atoms with Crippen LogP contribution >= 0.6 is 11.3 Å². The van der Waals surface area contributed by atoms with Crippen molar-refractivity contribution in [1.82, 2.24) is 4.98 Å². The highest BCUT2D eigenvalue weighted by Gasteiger charge is 1.94. The monoisotopic (exact) mass is 156 g/mol. The van der Waals surface area contributed by atoms with Crippen LogP contribution in [0.3, 0.4) is 0 Å². The molecule has 0 saturated carbocycles. The molecule has 0 aliphatic heterocycles. The Kier molecular flexibility index (Phi) is 1.86. The van der Waals surface area contributed by atoms with Gasteiger partial charge in [0, 0.05) is 11.1 Å². The van der Waals surface area contributed by atoms with Gasteiger partial charge in [0.2, 0.25) is 5.13 Å². The third-order valence-corrected chi connectivity index (χ3v) is 1.64. The van der Waals surface area contributed by atoms with Gasteiger partial charge in [0.25, 0.3) is 0 Å². The second-order valence-corrected chi connectivity index (χ2v) is 3.00. The van der Waals surface area contributed by atoms with Crippen LogP contribution in [0.2, 0.25) is 0 Å². The van der Waals surface area contributed by atoms with E-state index in [4.69, 9.17) is 11.5 Å². The van der Waals surface area contributed by atoms with Gasteiger partial charge >= 0.3 is 0 Å². The van der Waals surface area contributed by atoms with Crippen LogP contribution in [0.1, 0.15) is 4.88 Å². The van der Waals surface area contributed by atoms with E-state index in [0.717, 1.165) is 4.88 Å². The van der Waals surface area contributed by atoms with Crippen LogP contribution in [0.25, 0.3) is 0 Å². The third-order valence-electron chi connectivity index (χ3n) is 0.834. The molecule has 4 nitrogen and oxygen atoms in total. The fraction of sp³-hybridized carbons (Fsp3) is 0.200. The van der Waals surface area contributed by atoms with Crippen molar-refractivity contribution in [1.29, 1.82) is 0 Å². The Morgan fingerprint density at radius 3 is 2.80 bits per heavy atom. The van der Waals surface area contributed by atoms with E-state index in [-0.39, 0.29) is 5.96 Å². The minimum absolute atomic E-state index is 0.0503. The van der Waals surface area contributed by atoms with Crippen LogP contribution in [0.4, 0.5) is 5.13 Å². The largest absolute Gasteiger partial charge is 0.370 e. The number of nitrogens with two attached hydrogens (primary N) is 2. The SMILES string of the molecule is Cc1cnc(N=C(N)N)s1. The fourth-order valence-electron chi connectivity index (χ4n) is 0.505. The fourth-order valence-corrected chi connectivity index (χ4v) is 1.15. The summed E-state index contributed by atoms with van der Waals surface area (Å²) in [6.07, 6.45) is 1.73. The average molecular weight is 156 g/mol. The van der Waals surface area contributed by atoms with Gasteiger partial charge in [-0.1, -0.05) is 0 Å². The molecule has 1 heterocycles. The van der Waals surface area contributed by atoms with Crippen molar-refractivity contribution in [3.8, 4) is 0 Å². The number of rotatable bonds is 1. The first-order chi connectivity index (χ1) is 4.68. The Morgan fingerprint density at radius 1 is 1.70 bits per heavy atom. The lowest BCUT2D eigenvalue weighted by Gasteiger charge is -1.84. The molecule has 0 amide bonds. The molecule has 0 unspecified atom stereocenters. The van der Waals surface area contributed by atoms with Crippen LogP contribution in [-0.2, 0) is 0 Å². The molecule has 4 N–H and O–H groups in total. The minimum atomic E-state index is 0.0503. The van der Waals surface area contributed by atoms with Gasteiger partial charge in [-0.15, -0.1) is 11.3 Å². The second kappa shape index (κ2) is 2.66. The summed E-state index contributed by atoms with van der Waals surface area (Å²) in [6, 6.07) is 0. The average Bonchev–Trinajstić information content (AvgIpc) is 2.13. The van der Waals surface area contributed by atoms with E-state index < -0.39 is 0 Å². The van der Waals surface area contributed by atoms with E-state index in [9.17, 15) is 0 Å². The molecule has 0 spiro atoms. The first-order valence-corrected chi connectivity index (χ1v) is 3.52. The van der Waals surface area contributed by atoms with Gasteiger partial charge in [0.05, 0.1) is 0 Å². The standard InChI is InChI=1S/C5H8N4S/c1-3-2-8-5(10-3)9-4(6)7/h2H,1H3,(H4,6,7,8,9). The van der Waals surface area contributed by atoms with Gasteiger partial charge in [-0.25, -0.2) is 4.98 Å². The molecule has 0 aromatic carbocycles. The Morgan fingerprint density at radius 2 is 2.40 bits per heavy atom. The maximum Gasteiger partial charge on any atom is 0.212 e. The lowest BCUT2D eigenvalue weighted by Crippen LogP contribution is -2.21. The molecule has 1 rings (SSSR count). The number of aromatic nitrogens is 1. The molecular weight excluding hydrogens is 148 g/mol. The highest BCUT2D eigenvalue weighted by atomic mass is 32.1. The van der Waals surface area contributed by atoms with Gasteiger partial charge in [-0.3, -0.25) is 0 Å². The maximum atomic E-state index is 5.13. The molecule has 54 valence electrons. The second-order valence-electron chi connectivity index (χ2n) is 1.79. The van der Waals surface area contributed by atoms with Crippen molar-refractivity contribution < 1.29 is 0 Å². The molecular formula is C5H8N4S. The molecule has 0 radical (unpaired) electrons. The summed E-state index contributed by atoms with van der Waals surface area (Å²) >= 11 is 1.46. The van der Waals surface area contributed by atoms with Crippen molar-refractivity contribution in [2.45, 2.75) is 6.92 Å². The maximum absolute atomic E-state index is 5.13. The molecule has 0 aliphatic carbocycles. The predicted molar refractivity (Wildman–Crippen MR) is 42.3 cm³/mol. The number of hydrogen-bond donors (Lipinski definition) is 2. The number of aryl methyl sites for hydroxylation is 1. The van der Waals surface area contributed by atoms with Gasteiger partial charge < -0.3 is 11.5 Å².